The minimum absolute atomic E-state index is 0.160. The zero-order valence-electron chi connectivity index (χ0n) is 33.6. The van der Waals surface area contributed by atoms with Crippen LogP contribution in [0.3, 0.4) is 0 Å². The first kappa shape index (κ1) is 46.1. The molecule has 6 rings (SSSR count). The topological polar surface area (TPSA) is 166 Å². The molecule has 0 saturated carbocycles. The van der Waals surface area contributed by atoms with E-state index in [-0.39, 0.29) is 37.8 Å². The Hall–Kier alpha value is -7.02. The Kier molecular flexibility index (Phi) is 14.9. The number of pyridine rings is 2. The van der Waals surface area contributed by atoms with Crippen LogP contribution in [-0.2, 0) is 0 Å². The number of carboxylic acids is 1. The van der Waals surface area contributed by atoms with Crippen LogP contribution in [0.4, 0.5) is 37.7 Å². The maximum atomic E-state index is 12.6. The number of alkyl halides is 6. The average Bonchev–Trinajstić information content (AvgIpc) is 3.83. The number of carbonyl (C=O) groups excluding carboxylic acids is 1. The standard InChI is InChI=1S/C23H23F3N4O2.C21H18F3N3O3/c1-3-27-22(32)18-7-6-17(11-15(18)2)20-13-29-21-19(28-9-8-23(24,25)26)12-16(5-4-10-31)14-30(20)21;1-13-9-15(4-5-16(13)20(29)30)18-11-26-19-17(25-7-6-21(22,23)24)10-14(3-2-8-28)12-27(18)19/h6-7,11-14,28,31H,3,8-10H2,1-2H3,(H,27,32);4-5,9-12,25,28H,6-8H2,1H3,(H,29,30). The quantitative estimate of drug-likeness (QED) is 0.0572. The molecule has 12 nitrogen and oxygen atoms in total. The Morgan fingerprint density at radius 2 is 1.13 bits per heavy atom. The number of anilines is 2. The van der Waals surface area contributed by atoms with Gasteiger partial charge in [-0.1, -0.05) is 35.8 Å². The highest BCUT2D eigenvalue weighted by atomic mass is 19.4. The van der Waals surface area contributed by atoms with Gasteiger partial charge in [-0.05, 0) is 68.3 Å². The molecule has 0 aliphatic carbocycles. The van der Waals surface area contributed by atoms with Crippen molar-refractivity contribution in [1.29, 1.82) is 0 Å². The highest BCUT2D eigenvalue weighted by Crippen LogP contribution is 2.30. The fourth-order valence-corrected chi connectivity index (χ4v) is 6.36. The third kappa shape index (κ3) is 11.8. The van der Waals surface area contributed by atoms with Gasteiger partial charge in [0.05, 0.1) is 53.6 Å². The Morgan fingerprint density at radius 3 is 1.50 bits per heavy atom. The number of aromatic carboxylic acids is 1. The monoisotopic (exact) mass is 861 g/mol. The Bertz CT molecular complexity index is 2720. The number of amides is 1. The van der Waals surface area contributed by atoms with Crippen molar-refractivity contribution in [3.05, 3.63) is 107 Å². The van der Waals surface area contributed by atoms with Gasteiger partial charge < -0.3 is 31.3 Å². The highest BCUT2D eigenvalue weighted by Gasteiger charge is 2.27. The van der Waals surface area contributed by atoms with E-state index < -0.39 is 31.2 Å². The smallest absolute Gasteiger partial charge is 0.390 e. The number of carbonyl (C=O) groups is 2. The molecule has 4 aromatic heterocycles. The summed E-state index contributed by atoms with van der Waals surface area (Å²) in [5.41, 5.74) is 7.49. The van der Waals surface area contributed by atoms with E-state index in [0.29, 0.717) is 68.4 Å². The van der Waals surface area contributed by atoms with E-state index in [2.05, 4.69) is 49.6 Å². The van der Waals surface area contributed by atoms with E-state index in [1.807, 2.05) is 19.9 Å². The number of carboxylic acid groups (broad SMARTS) is 1. The molecule has 2 aromatic carbocycles. The molecule has 0 aliphatic heterocycles. The zero-order chi connectivity index (χ0) is 45.2. The second kappa shape index (κ2) is 20.0. The van der Waals surface area contributed by atoms with Crippen molar-refractivity contribution >= 4 is 34.5 Å². The number of fused-ring (bicyclic) bond motifs is 2. The van der Waals surface area contributed by atoms with Crippen molar-refractivity contribution in [1.82, 2.24) is 24.1 Å². The first-order valence-corrected chi connectivity index (χ1v) is 19.0. The molecular weight excluding hydrogens is 821 g/mol. The van der Waals surface area contributed by atoms with Gasteiger partial charge in [0.2, 0.25) is 0 Å². The summed E-state index contributed by atoms with van der Waals surface area (Å²) >= 11 is 0. The van der Waals surface area contributed by atoms with Crippen molar-refractivity contribution < 1.29 is 51.3 Å². The minimum atomic E-state index is -4.29. The minimum Gasteiger partial charge on any atom is -0.478 e. The van der Waals surface area contributed by atoms with Crippen LogP contribution in [0.1, 0.15) is 62.7 Å². The number of aryl methyl sites for hydroxylation is 2. The molecule has 6 aromatic rings. The number of aliphatic hydroxyl groups is 2. The lowest BCUT2D eigenvalue weighted by molar-refractivity contribution is -0.132. The Morgan fingerprint density at radius 1 is 0.694 bits per heavy atom. The molecule has 0 atom stereocenters. The first-order valence-electron chi connectivity index (χ1n) is 19.0. The molecule has 0 aliphatic rings. The lowest BCUT2D eigenvalue weighted by Gasteiger charge is -2.12. The SMILES string of the molecule is CCNC(=O)c1ccc(-c2cnc3c(NCCC(F)(F)F)cc(C#CCO)cn23)cc1C.Cc1cc(-c2cnc3c(NCCC(F)(F)F)cc(C#CCO)cn23)ccc1C(=O)O. The van der Waals surface area contributed by atoms with Crippen molar-refractivity contribution in [2.45, 2.75) is 46.0 Å². The highest BCUT2D eigenvalue weighted by molar-refractivity contribution is 5.96. The Balaban J connectivity index is 0.000000235. The van der Waals surface area contributed by atoms with Crippen LogP contribution in [0, 0.1) is 37.5 Å². The second-order valence-electron chi connectivity index (χ2n) is 13.7. The van der Waals surface area contributed by atoms with Crippen molar-refractivity contribution in [2.75, 3.05) is 43.5 Å². The van der Waals surface area contributed by atoms with Crippen LogP contribution in [0.5, 0.6) is 0 Å². The molecule has 1 amide bonds. The molecule has 0 saturated heterocycles. The van der Waals surface area contributed by atoms with Crippen LogP contribution in [-0.4, -0.2) is 91.2 Å². The van der Waals surface area contributed by atoms with Gasteiger partial charge in [0, 0.05) is 59.8 Å². The summed E-state index contributed by atoms with van der Waals surface area (Å²) in [4.78, 5) is 32.1. The van der Waals surface area contributed by atoms with E-state index in [9.17, 15) is 41.0 Å². The summed E-state index contributed by atoms with van der Waals surface area (Å²) in [6.07, 6.45) is -4.01. The summed E-state index contributed by atoms with van der Waals surface area (Å²) in [5, 5.41) is 35.5. The molecule has 0 unspecified atom stereocenters. The van der Waals surface area contributed by atoms with Crippen LogP contribution in [0.2, 0.25) is 0 Å². The molecule has 0 radical (unpaired) electrons. The summed E-state index contributed by atoms with van der Waals surface area (Å²) < 4.78 is 78.7. The van der Waals surface area contributed by atoms with E-state index in [1.165, 1.54) is 6.07 Å². The fraction of sp³-hybridized carbons (Fsp3) is 0.273. The van der Waals surface area contributed by atoms with Crippen LogP contribution < -0.4 is 16.0 Å². The fourth-order valence-electron chi connectivity index (χ4n) is 6.36. The van der Waals surface area contributed by atoms with E-state index in [0.717, 1.165) is 11.1 Å². The molecule has 62 heavy (non-hydrogen) atoms. The predicted octanol–water partition coefficient (Wildman–Crippen LogP) is 7.48. The van der Waals surface area contributed by atoms with Gasteiger partial charge in [-0.2, -0.15) is 26.3 Å². The summed E-state index contributed by atoms with van der Waals surface area (Å²) in [6.45, 7) is 4.54. The number of benzene rings is 2. The zero-order valence-corrected chi connectivity index (χ0v) is 33.6. The van der Waals surface area contributed by atoms with Gasteiger partial charge in [0.25, 0.3) is 5.91 Å². The van der Waals surface area contributed by atoms with Crippen molar-refractivity contribution in [3.63, 3.8) is 0 Å². The van der Waals surface area contributed by atoms with Gasteiger partial charge in [0.15, 0.2) is 11.3 Å². The third-order valence-corrected chi connectivity index (χ3v) is 9.14. The number of aromatic nitrogens is 4. The molecule has 4 heterocycles. The molecule has 6 N–H and O–H groups in total. The lowest BCUT2D eigenvalue weighted by atomic mass is 10.0. The van der Waals surface area contributed by atoms with E-state index >= 15 is 0 Å². The van der Waals surface area contributed by atoms with Gasteiger partial charge in [-0.25, -0.2) is 14.8 Å². The molecule has 0 spiro atoms. The lowest BCUT2D eigenvalue weighted by Crippen LogP contribution is -2.23. The summed E-state index contributed by atoms with van der Waals surface area (Å²) in [5.74, 6) is 9.41. The van der Waals surface area contributed by atoms with Crippen LogP contribution in [0.15, 0.2) is 73.3 Å². The van der Waals surface area contributed by atoms with Crippen molar-refractivity contribution in [2.24, 2.45) is 0 Å². The first-order chi connectivity index (χ1) is 29.4. The third-order valence-electron chi connectivity index (χ3n) is 9.14. The molecule has 0 fully saturated rings. The average molecular weight is 862 g/mol. The number of aliphatic hydroxyl groups excluding tert-OH is 2. The molecule has 0 bridgehead atoms. The number of nitrogens with one attached hydrogen (secondary N) is 3. The van der Waals surface area contributed by atoms with E-state index in [4.69, 9.17) is 10.2 Å². The van der Waals surface area contributed by atoms with Gasteiger partial charge in [0.1, 0.15) is 13.2 Å². The second-order valence-corrected chi connectivity index (χ2v) is 13.7. The maximum Gasteiger partial charge on any atom is 0.390 e. The normalized spacial score (nSPS) is 11.2. The van der Waals surface area contributed by atoms with Crippen molar-refractivity contribution in [3.8, 4) is 46.2 Å². The molecule has 324 valence electrons. The van der Waals surface area contributed by atoms with Crippen LogP contribution >= 0.6 is 0 Å². The van der Waals surface area contributed by atoms with Gasteiger partial charge >= 0.3 is 18.3 Å². The number of imidazole rings is 2. The number of hydrogen-bond acceptors (Lipinski definition) is 8. The maximum absolute atomic E-state index is 12.6. The largest absolute Gasteiger partial charge is 0.478 e. The summed E-state index contributed by atoms with van der Waals surface area (Å²) in [7, 11) is 0. The molecule has 18 heteroatoms. The van der Waals surface area contributed by atoms with Crippen LogP contribution in [0.25, 0.3) is 33.8 Å². The Labute approximate surface area is 351 Å². The number of nitrogens with zero attached hydrogens (tertiary/aromatic N) is 4. The van der Waals surface area contributed by atoms with Gasteiger partial charge in [-0.3, -0.25) is 13.6 Å². The number of halogens is 6. The summed E-state index contributed by atoms with van der Waals surface area (Å²) in [6, 6.07) is 13.4. The number of rotatable bonds is 11. The predicted molar refractivity (Wildman–Crippen MR) is 222 cm³/mol. The van der Waals surface area contributed by atoms with Gasteiger partial charge in [-0.15, -0.1) is 0 Å². The van der Waals surface area contributed by atoms with E-state index in [1.54, 1.807) is 76.9 Å². The number of hydrogen-bond donors (Lipinski definition) is 6. The molecular formula is C44H41F6N7O5.